The maximum absolute atomic E-state index is 12.0. The number of imide groups is 1. The van der Waals surface area contributed by atoms with Crippen molar-refractivity contribution >= 4 is 22.7 Å². The van der Waals surface area contributed by atoms with E-state index < -0.39 is 11.9 Å². The van der Waals surface area contributed by atoms with Gasteiger partial charge in [0.2, 0.25) is 0 Å². The zero-order valence-corrected chi connectivity index (χ0v) is 14.5. The van der Waals surface area contributed by atoms with Crippen molar-refractivity contribution in [3.05, 3.63) is 42.5 Å². The van der Waals surface area contributed by atoms with Gasteiger partial charge in [-0.1, -0.05) is 56.2 Å². The molecule has 0 radical (unpaired) electrons. The van der Waals surface area contributed by atoms with Gasteiger partial charge in [-0.25, -0.2) is 4.79 Å². The van der Waals surface area contributed by atoms with Crippen molar-refractivity contribution in [3.63, 3.8) is 0 Å². The number of nitrogens with one attached hydrogen (secondary N) is 2. The molecule has 2 atom stereocenters. The van der Waals surface area contributed by atoms with Crippen LogP contribution in [-0.2, 0) is 4.79 Å². The molecule has 0 aromatic heterocycles. The Morgan fingerprint density at radius 3 is 2.68 bits per heavy atom. The van der Waals surface area contributed by atoms with Crippen molar-refractivity contribution < 1.29 is 14.3 Å². The lowest BCUT2D eigenvalue weighted by Gasteiger charge is -2.29. The summed E-state index contributed by atoms with van der Waals surface area (Å²) in [5.74, 6) is 0.630. The standard InChI is InChI=1S/C20H24N2O3/c1-14-7-2-5-11-17(14)21-20(24)22-19(23)13-25-18-12-6-9-15-8-3-4-10-16(15)18/h3-4,6,8-10,12,14,17H,2,5,7,11,13H2,1H3,(H2,21,22,23,24)/t14-,17+/m0/s1. The third-order valence-electron chi connectivity index (χ3n) is 4.79. The molecule has 5 nitrogen and oxygen atoms in total. The lowest BCUT2D eigenvalue weighted by atomic mass is 9.86. The summed E-state index contributed by atoms with van der Waals surface area (Å²) in [7, 11) is 0. The fourth-order valence-corrected chi connectivity index (χ4v) is 3.36. The summed E-state index contributed by atoms with van der Waals surface area (Å²) >= 11 is 0. The Labute approximate surface area is 147 Å². The summed E-state index contributed by atoms with van der Waals surface area (Å²) in [5, 5.41) is 7.24. The first-order chi connectivity index (χ1) is 12.1. The number of hydrogen-bond acceptors (Lipinski definition) is 3. The van der Waals surface area contributed by atoms with Gasteiger partial charge in [0.1, 0.15) is 5.75 Å². The van der Waals surface area contributed by atoms with Gasteiger partial charge in [0.25, 0.3) is 5.91 Å². The van der Waals surface area contributed by atoms with E-state index in [0.717, 1.165) is 30.0 Å². The van der Waals surface area contributed by atoms with E-state index in [4.69, 9.17) is 4.74 Å². The third kappa shape index (κ3) is 4.50. The second kappa shape index (κ2) is 8.01. The topological polar surface area (TPSA) is 67.4 Å². The Kier molecular flexibility index (Phi) is 5.53. The van der Waals surface area contributed by atoms with Crippen LogP contribution in [0, 0.1) is 5.92 Å². The van der Waals surface area contributed by atoms with Gasteiger partial charge in [-0.15, -0.1) is 0 Å². The summed E-state index contributed by atoms with van der Waals surface area (Å²) < 4.78 is 5.60. The highest BCUT2D eigenvalue weighted by Gasteiger charge is 2.23. The number of fused-ring (bicyclic) bond motifs is 1. The zero-order chi connectivity index (χ0) is 17.6. The number of ether oxygens (including phenoxy) is 1. The van der Waals surface area contributed by atoms with Crippen LogP contribution in [0.4, 0.5) is 4.79 Å². The molecule has 2 aromatic rings. The van der Waals surface area contributed by atoms with Crippen LogP contribution in [0.15, 0.2) is 42.5 Å². The Hall–Kier alpha value is -2.56. The number of benzene rings is 2. The molecule has 3 amide bonds. The second-order valence-corrected chi connectivity index (χ2v) is 6.66. The molecule has 1 fully saturated rings. The van der Waals surface area contributed by atoms with Crippen molar-refractivity contribution in [2.45, 2.75) is 38.6 Å². The van der Waals surface area contributed by atoms with Crippen molar-refractivity contribution in [2.75, 3.05) is 6.61 Å². The summed E-state index contributed by atoms with van der Waals surface area (Å²) in [5.41, 5.74) is 0. The van der Waals surface area contributed by atoms with Gasteiger partial charge in [-0.2, -0.15) is 0 Å². The van der Waals surface area contributed by atoms with Gasteiger partial charge < -0.3 is 10.1 Å². The molecular weight excluding hydrogens is 316 g/mol. The van der Waals surface area contributed by atoms with E-state index in [9.17, 15) is 9.59 Å². The maximum Gasteiger partial charge on any atom is 0.321 e. The summed E-state index contributed by atoms with van der Waals surface area (Å²) in [6, 6.07) is 13.2. The highest BCUT2D eigenvalue weighted by atomic mass is 16.5. The predicted octanol–water partition coefficient (Wildman–Crippen LogP) is 3.62. The average molecular weight is 340 g/mol. The molecule has 1 saturated carbocycles. The number of hydrogen-bond donors (Lipinski definition) is 2. The smallest absolute Gasteiger partial charge is 0.321 e. The molecule has 5 heteroatoms. The zero-order valence-electron chi connectivity index (χ0n) is 14.5. The van der Waals surface area contributed by atoms with Gasteiger partial charge in [-0.05, 0) is 30.2 Å². The minimum absolute atomic E-state index is 0.139. The SMILES string of the molecule is C[C@H]1CCCC[C@H]1NC(=O)NC(=O)COc1cccc2ccccc12. The van der Waals surface area contributed by atoms with Gasteiger partial charge in [0.15, 0.2) is 6.61 Å². The number of urea groups is 1. The van der Waals surface area contributed by atoms with Gasteiger partial charge in [0, 0.05) is 11.4 Å². The van der Waals surface area contributed by atoms with Crippen LogP contribution in [0.25, 0.3) is 10.8 Å². The van der Waals surface area contributed by atoms with Crippen LogP contribution >= 0.6 is 0 Å². The lowest BCUT2D eigenvalue weighted by molar-refractivity contribution is -0.122. The van der Waals surface area contributed by atoms with Gasteiger partial charge in [0.05, 0.1) is 0 Å². The molecule has 0 spiro atoms. The third-order valence-corrected chi connectivity index (χ3v) is 4.79. The molecule has 1 aliphatic carbocycles. The first-order valence-corrected chi connectivity index (χ1v) is 8.84. The highest BCUT2D eigenvalue weighted by Crippen LogP contribution is 2.25. The maximum atomic E-state index is 12.0. The van der Waals surface area contributed by atoms with Crippen molar-refractivity contribution in [1.82, 2.24) is 10.6 Å². The van der Waals surface area contributed by atoms with Gasteiger partial charge >= 0.3 is 6.03 Å². The molecule has 25 heavy (non-hydrogen) atoms. The lowest BCUT2D eigenvalue weighted by Crippen LogP contribution is -2.48. The molecule has 0 saturated heterocycles. The number of amides is 3. The van der Waals surface area contributed by atoms with Crippen LogP contribution in [0.3, 0.4) is 0 Å². The van der Waals surface area contributed by atoms with Crippen molar-refractivity contribution in [2.24, 2.45) is 5.92 Å². The van der Waals surface area contributed by atoms with E-state index in [-0.39, 0.29) is 12.6 Å². The Morgan fingerprint density at radius 2 is 1.84 bits per heavy atom. The summed E-state index contributed by atoms with van der Waals surface area (Å²) in [4.78, 5) is 24.0. The van der Waals surface area contributed by atoms with E-state index >= 15 is 0 Å². The normalized spacial score (nSPS) is 20.0. The van der Waals surface area contributed by atoms with Crippen LogP contribution in [0.2, 0.25) is 0 Å². The summed E-state index contributed by atoms with van der Waals surface area (Å²) in [6.07, 6.45) is 4.41. The van der Waals surface area contributed by atoms with Crippen LogP contribution in [0.1, 0.15) is 32.6 Å². The van der Waals surface area contributed by atoms with Crippen LogP contribution in [0.5, 0.6) is 5.75 Å². The molecule has 0 bridgehead atoms. The van der Waals surface area contributed by atoms with Crippen molar-refractivity contribution in [1.29, 1.82) is 0 Å². The van der Waals surface area contributed by atoms with Crippen molar-refractivity contribution in [3.8, 4) is 5.75 Å². The van der Waals surface area contributed by atoms with E-state index in [1.54, 1.807) is 0 Å². The Morgan fingerprint density at radius 1 is 1.08 bits per heavy atom. The number of rotatable bonds is 4. The highest BCUT2D eigenvalue weighted by molar-refractivity contribution is 5.95. The fraction of sp³-hybridized carbons (Fsp3) is 0.400. The first-order valence-electron chi connectivity index (χ1n) is 8.84. The van der Waals surface area contributed by atoms with Gasteiger partial charge in [-0.3, -0.25) is 10.1 Å². The molecule has 1 aliphatic rings. The summed E-state index contributed by atoms with van der Waals surface area (Å²) in [6.45, 7) is 1.94. The molecule has 3 rings (SSSR count). The molecule has 2 aromatic carbocycles. The largest absolute Gasteiger partial charge is 0.483 e. The molecule has 0 unspecified atom stereocenters. The average Bonchev–Trinajstić information content (AvgIpc) is 2.62. The van der Waals surface area contributed by atoms with E-state index in [2.05, 4.69) is 17.6 Å². The molecule has 132 valence electrons. The fourth-order valence-electron chi connectivity index (χ4n) is 3.36. The Bertz CT molecular complexity index is 754. The predicted molar refractivity (Wildman–Crippen MR) is 97.5 cm³/mol. The first kappa shape index (κ1) is 17.3. The van der Waals surface area contributed by atoms with Crippen LogP contribution < -0.4 is 15.4 Å². The molecule has 0 heterocycles. The van der Waals surface area contributed by atoms with E-state index in [0.29, 0.717) is 11.7 Å². The quantitative estimate of drug-likeness (QED) is 0.893. The molecular formula is C20H24N2O3. The van der Waals surface area contributed by atoms with E-state index in [1.807, 2.05) is 42.5 Å². The number of carbonyl (C=O) groups excluding carboxylic acids is 2. The molecule has 0 aliphatic heterocycles. The minimum atomic E-state index is -0.450. The second-order valence-electron chi connectivity index (χ2n) is 6.66. The van der Waals surface area contributed by atoms with Crippen LogP contribution in [-0.4, -0.2) is 24.6 Å². The Balaban J connectivity index is 1.51. The van der Waals surface area contributed by atoms with E-state index in [1.165, 1.54) is 6.42 Å². The monoisotopic (exact) mass is 340 g/mol. The number of carbonyl (C=O) groups is 2. The minimum Gasteiger partial charge on any atom is -0.483 e. The molecule has 2 N–H and O–H groups in total.